The van der Waals surface area contributed by atoms with Crippen LogP contribution >= 0.6 is 0 Å². The van der Waals surface area contributed by atoms with E-state index in [2.05, 4.69) is 73.3 Å². The summed E-state index contributed by atoms with van der Waals surface area (Å²) < 4.78 is 15.0. The monoisotopic (exact) mass is 729 g/mol. The lowest BCUT2D eigenvalue weighted by Crippen LogP contribution is -2.50. The summed E-state index contributed by atoms with van der Waals surface area (Å²) in [5, 5.41) is 8.36. The van der Waals surface area contributed by atoms with Crippen LogP contribution in [-0.4, -0.2) is 94.8 Å². The zero-order valence-corrected chi connectivity index (χ0v) is 32.8. The Hall–Kier alpha value is -5.42. The number of pyridine rings is 2. The fraction of sp³-hybridized carbons (Fsp3) is 0.395. The smallest absolute Gasteiger partial charge is 0.410 e. The molecule has 11 heteroatoms. The first kappa shape index (κ1) is 36.9. The molecule has 0 radical (unpaired) electrons. The molecule has 3 aromatic heterocycles. The quantitative estimate of drug-likeness (QED) is 0.144. The second kappa shape index (κ2) is 14.8. The lowest BCUT2D eigenvalue weighted by Gasteiger charge is -2.37. The van der Waals surface area contributed by atoms with Crippen molar-refractivity contribution >= 4 is 44.5 Å². The Balaban J connectivity index is 1.43. The van der Waals surface area contributed by atoms with E-state index in [1.54, 1.807) is 12.0 Å². The first-order valence-corrected chi connectivity index (χ1v) is 18.8. The number of piperazine rings is 1. The van der Waals surface area contributed by atoms with Crippen LogP contribution in [0.25, 0.3) is 44.0 Å². The van der Waals surface area contributed by atoms with Gasteiger partial charge in [-0.25, -0.2) is 14.5 Å². The number of aryl methyl sites for hydroxylation is 3. The average Bonchev–Trinajstić information content (AvgIpc) is 3.46. The van der Waals surface area contributed by atoms with Crippen LogP contribution in [0.5, 0.6) is 5.75 Å². The minimum absolute atomic E-state index is 0.0750. The Bertz CT molecular complexity index is 2380. The lowest BCUT2D eigenvalue weighted by molar-refractivity contribution is 0.0240. The number of methoxy groups -OCH3 is 1. The van der Waals surface area contributed by atoms with Gasteiger partial charge in [0.15, 0.2) is 5.65 Å². The van der Waals surface area contributed by atoms with Gasteiger partial charge in [-0.05, 0) is 104 Å². The molecule has 0 unspecified atom stereocenters. The van der Waals surface area contributed by atoms with E-state index < -0.39 is 5.60 Å². The van der Waals surface area contributed by atoms with Crippen molar-refractivity contribution in [3.05, 3.63) is 93.9 Å². The third kappa shape index (κ3) is 7.37. The van der Waals surface area contributed by atoms with Crippen molar-refractivity contribution in [1.82, 2.24) is 29.1 Å². The van der Waals surface area contributed by atoms with Crippen LogP contribution in [0.3, 0.4) is 0 Å². The van der Waals surface area contributed by atoms with Gasteiger partial charge in [0, 0.05) is 54.7 Å². The Labute approximate surface area is 316 Å². The number of hydrogen-bond donors (Lipinski definition) is 0. The Morgan fingerprint density at radius 2 is 1.59 bits per heavy atom. The number of anilines is 1. The van der Waals surface area contributed by atoms with E-state index in [0.717, 1.165) is 68.5 Å². The molecule has 54 heavy (non-hydrogen) atoms. The molecule has 0 bridgehead atoms. The molecule has 0 saturated carbocycles. The number of fused-ring (bicyclic) bond motifs is 5. The number of aromatic nitrogens is 4. The fourth-order valence-electron chi connectivity index (χ4n) is 7.43. The zero-order valence-electron chi connectivity index (χ0n) is 32.8. The molecule has 1 fully saturated rings. The molecule has 0 atom stereocenters. The highest BCUT2D eigenvalue weighted by Crippen LogP contribution is 2.38. The maximum Gasteiger partial charge on any atom is 0.410 e. The summed E-state index contributed by atoms with van der Waals surface area (Å²) in [5.74, 6) is 0.732. The highest BCUT2D eigenvalue weighted by atomic mass is 16.6. The van der Waals surface area contributed by atoms with Crippen LogP contribution in [0.15, 0.2) is 71.5 Å². The molecule has 1 aliphatic rings. The van der Waals surface area contributed by atoms with Crippen LogP contribution < -0.4 is 15.2 Å². The van der Waals surface area contributed by atoms with Crippen LogP contribution in [0, 0.1) is 13.8 Å². The number of ether oxygens (including phenoxy) is 2. The van der Waals surface area contributed by atoms with Gasteiger partial charge < -0.3 is 28.7 Å². The standard InChI is InChI=1S/C43H51N7O4/c1-28-10-12-30(13-11-28)27-50-40-36(29(2)45-50)37-34-19-16-32(47-22-24-48(25-23-47)42(52)54-43(3,4)5)26-35(34)49(21-9-20-46(6)7)41(51)38(37)39(44-40)31-14-17-33(53-8)18-15-31/h10-19,26H,9,20-25,27H2,1-8H3. The number of nitrogens with zero attached hydrogens (tertiary/aromatic N) is 7. The first-order chi connectivity index (χ1) is 25.8. The minimum atomic E-state index is -0.546. The number of carbonyl (C=O) groups is 1. The molecule has 1 amide bonds. The molecule has 0 N–H and O–H groups in total. The number of hydrogen-bond acceptors (Lipinski definition) is 8. The molecule has 4 heterocycles. The predicted molar refractivity (Wildman–Crippen MR) is 217 cm³/mol. The van der Waals surface area contributed by atoms with Gasteiger partial charge in [-0.2, -0.15) is 5.10 Å². The van der Waals surface area contributed by atoms with E-state index >= 15 is 4.79 Å². The lowest BCUT2D eigenvalue weighted by atomic mass is 9.97. The molecule has 3 aromatic carbocycles. The summed E-state index contributed by atoms with van der Waals surface area (Å²) in [6, 6.07) is 22.7. The largest absolute Gasteiger partial charge is 0.497 e. The van der Waals surface area contributed by atoms with Gasteiger partial charge in [-0.1, -0.05) is 35.9 Å². The van der Waals surface area contributed by atoms with Crippen molar-refractivity contribution in [1.29, 1.82) is 0 Å². The van der Waals surface area contributed by atoms with Crippen molar-refractivity contribution < 1.29 is 14.3 Å². The summed E-state index contributed by atoms with van der Waals surface area (Å²) in [7, 11) is 5.75. The molecular formula is C43H51N7O4. The van der Waals surface area contributed by atoms with E-state index in [4.69, 9.17) is 19.6 Å². The van der Waals surface area contributed by atoms with E-state index in [9.17, 15) is 4.79 Å². The van der Waals surface area contributed by atoms with Gasteiger partial charge >= 0.3 is 6.09 Å². The van der Waals surface area contributed by atoms with Gasteiger partial charge in [-0.15, -0.1) is 0 Å². The van der Waals surface area contributed by atoms with E-state index in [0.29, 0.717) is 50.3 Å². The normalized spacial score (nSPS) is 13.8. The van der Waals surface area contributed by atoms with Gasteiger partial charge in [0.1, 0.15) is 11.4 Å². The van der Waals surface area contributed by atoms with Crippen molar-refractivity contribution in [2.75, 3.05) is 58.8 Å². The molecule has 0 aliphatic carbocycles. The Morgan fingerprint density at radius 3 is 2.24 bits per heavy atom. The number of carbonyl (C=O) groups excluding carboxylic acids is 1. The van der Waals surface area contributed by atoms with Crippen LogP contribution in [0.1, 0.15) is 44.0 Å². The molecule has 6 aromatic rings. The summed E-state index contributed by atoms with van der Waals surface area (Å²) >= 11 is 0. The number of amides is 1. The van der Waals surface area contributed by atoms with E-state index in [1.807, 2.05) is 61.2 Å². The topological polar surface area (TPSA) is 98.0 Å². The summed E-state index contributed by atoms with van der Waals surface area (Å²) in [4.78, 5) is 39.5. The maximum absolute atomic E-state index is 15.1. The molecule has 11 nitrogen and oxygen atoms in total. The summed E-state index contributed by atoms with van der Waals surface area (Å²) in [6.45, 7) is 14.1. The van der Waals surface area contributed by atoms with Crippen molar-refractivity contribution in [3.63, 3.8) is 0 Å². The molecular weight excluding hydrogens is 679 g/mol. The predicted octanol–water partition coefficient (Wildman–Crippen LogP) is 7.25. The highest BCUT2D eigenvalue weighted by molar-refractivity contribution is 6.22. The van der Waals surface area contributed by atoms with E-state index in [-0.39, 0.29) is 11.7 Å². The number of benzene rings is 3. The second-order valence-corrected chi connectivity index (χ2v) is 15.6. The number of rotatable bonds is 9. The van der Waals surface area contributed by atoms with Crippen LogP contribution in [0.2, 0.25) is 0 Å². The Morgan fingerprint density at radius 1 is 0.889 bits per heavy atom. The molecule has 1 aliphatic heterocycles. The first-order valence-electron chi connectivity index (χ1n) is 18.8. The van der Waals surface area contributed by atoms with Gasteiger partial charge in [-0.3, -0.25) is 4.79 Å². The van der Waals surface area contributed by atoms with Crippen LogP contribution in [-0.2, 0) is 17.8 Å². The highest BCUT2D eigenvalue weighted by Gasteiger charge is 2.28. The minimum Gasteiger partial charge on any atom is -0.497 e. The average molecular weight is 730 g/mol. The molecule has 282 valence electrons. The molecule has 1 saturated heterocycles. The van der Waals surface area contributed by atoms with Gasteiger partial charge in [0.2, 0.25) is 0 Å². The molecule has 7 rings (SSSR count). The molecule has 0 spiro atoms. The van der Waals surface area contributed by atoms with Crippen molar-refractivity contribution in [2.45, 2.75) is 59.7 Å². The van der Waals surface area contributed by atoms with Gasteiger partial charge in [0.25, 0.3) is 5.56 Å². The van der Waals surface area contributed by atoms with Crippen molar-refractivity contribution in [2.24, 2.45) is 0 Å². The van der Waals surface area contributed by atoms with E-state index in [1.165, 1.54) is 5.56 Å². The maximum atomic E-state index is 15.1. The summed E-state index contributed by atoms with van der Waals surface area (Å²) in [6.07, 6.45) is 0.512. The summed E-state index contributed by atoms with van der Waals surface area (Å²) in [5.41, 5.74) is 6.60. The van der Waals surface area contributed by atoms with Crippen molar-refractivity contribution in [3.8, 4) is 17.0 Å². The third-order valence-electron chi connectivity index (χ3n) is 10.2. The Kier molecular flexibility index (Phi) is 10.1. The zero-order chi connectivity index (χ0) is 38.3. The third-order valence-corrected chi connectivity index (χ3v) is 10.2. The SMILES string of the molecule is COc1ccc(-c2nc3c(c(C)nn3Cc3ccc(C)cc3)c3c2c(=O)n(CCCN(C)C)c2cc(N4CCN(C(=O)OC(C)(C)C)CC4)ccc32)cc1. The second-order valence-electron chi connectivity index (χ2n) is 15.6. The van der Waals surface area contributed by atoms with Gasteiger partial charge in [0.05, 0.1) is 41.3 Å². The van der Waals surface area contributed by atoms with Crippen LogP contribution in [0.4, 0.5) is 10.5 Å². The fourth-order valence-corrected chi connectivity index (χ4v) is 7.43.